The Labute approximate surface area is 111 Å². The van der Waals surface area contributed by atoms with E-state index in [-0.39, 0.29) is 6.10 Å². The average Bonchev–Trinajstić information content (AvgIpc) is 2.35. The molecule has 1 heterocycles. The number of pyridine rings is 1. The molecule has 0 radical (unpaired) electrons. The van der Waals surface area contributed by atoms with Crippen LogP contribution in [0.25, 0.3) is 0 Å². The van der Waals surface area contributed by atoms with Crippen molar-refractivity contribution in [1.82, 2.24) is 10.3 Å². The minimum atomic E-state index is 0.194. The molecule has 3 heteroatoms. The van der Waals surface area contributed by atoms with Crippen LogP contribution in [0.15, 0.2) is 12.1 Å². The SMILES string of the molecule is CCNCC(Oc1ccc(C)nc1CC)C(C)C. The number of ether oxygens (including phenoxy) is 1. The number of nitrogens with one attached hydrogen (secondary N) is 1. The molecular weight excluding hydrogens is 224 g/mol. The van der Waals surface area contributed by atoms with E-state index in [9.17, 15) is 0 Å². The van der Waals surface area contributed by atoms with E-state index < -0.39 is 0 Å². The standard InChI is InChI=1S/C15H26N2O/c1-6-13-14(9-8-12(5)17-13)18-15(11(3)4)10-16-7-2/h8-9,11,15-16H,6-7,10H2,1-5H3. The summed E-state index contributed by atoms with van der Waals surface area (Å²) in [4.78, 5) is 4.54. The third-order valence-electron chi connectivity index (χ3n) is 3.02. The molecule has 1 aromatic rings. The van der Waals surface area contributed by atoms with Crippen LogP contribution in [0.5, 0.6) is 5.75 Å². The second-order valence-corrected chi connectivity index (χ2v) is 4.96. The lowest BCUT2D eigenvalue weighted by atomic mass is 10.1. The van der Waals surface area contributed by atoms with E-state index in [2.05, 4.69) is 38.0 Å². The molecule has 0 fully saturated rings. The molecule has 0 bridgehead atoms. The van der Waals surface area contributed by atoms with Gasteiger partial charge in [-0.05, 0) is 37.9 Å². The van der Waals surface area contributed by atoms with Gasteiger partial charge in [-0.1, -0.05) is 27.7 Å². The molecule has 1 atom stereocenters. The molecule has 0 amide bonds. The maximum atomic E-state index is 6.13. The van der Waals surface area contributed by atoms with Gasteiger partial charge in [0.15, 0.2) is 0 Å². The molecule has 0 aliphatic rings. The van der Waals surface area contributed by atoms with E-state index >= 15 is 0 Å². The average molecular weight is 250 g/mol. The molecule has 1 rings (SSSR count). The van der Waals surface area contributed by atoms with Crippen molar-refractivity contribution < 1.29 is 4.74 Å². The van der Waals surface area contributed by atoms with Gasteiger partial charge in [0.05, 0.1) is 5.69 Å². The summed E-state index contributed by atoms with van der Waals surface area (Å²) in [6, 6.07) is 4.06. The molecule has 0 aliphatic carbocycles. The first kappa shape index (κ1) is 15.0. The maximum Gasteiger partial charge on any atom is 0.141 e. The van der Waals surface area contributed by atoms with Gasteiger partial charge in [-0.3, -0.25) is 4.98 Å². The van der Waals surface area contributed by atoms with E-state index in [0.29, 0.717) is 5.92 Å². The number of nitrogens with zero attached hydrogens (tertiary/aromatic N) is 1. The highest BCUT2D eigenvalue weighted by Crippen LogP contribution is 2.21. The van der Waals surface area contributed by atoms with Crippen molar-refractivity contribution in [2.24, 2.45) is 5.92 Å². The highest BCUT2D eigenvalue weighted by Gasteiger charge is 2.16. The van der Waals surface area contributed by atoms with Gasteiger partial charge in [0.1, 0.15) is 11.9 Å². The van der Waals surface area contributed by atoms with Gasteiger partial charge in [-0.2, -0.15) is 0 Å². The Morgan fingerprint density at radius 2 is 2.00 bits per heavy atom. The van der Waals surface area contributed by atoms with Crippen molar-refractivity contribution in [3.8, 4) is 5.75 Å². The summed E-state index contributed by atoms with van der Waals surface area (Å²) in [5, 5.41) is 3.35. The van der Waals surface area contributed by atoms with Crippen molar-refractivity contribution in [3.05, 3.63) is 23.5 Å². The van der Waals surface area contributed by atoms with Crippen LogP contribution in [0.1, 0.15) is 39.1 Å². The third-order valence-corrected chi connectivity index (χ3v) is 3.02. The lowest BCUT2D eigenvalue weighted by molar-refractivity contribution is 0.147. The van der Waals surface area contributed by atoms with Crippen molar-refractivity contribution in [3.63, 3.8) is 0 Å². The van der Waals surface area contributed by atoms with Gasteiger partial charge in [0.25, 0.3) is 0 Å². The van der Waals surface area contributed by atoms with E-state index in [4.69, 9.17) is 4.74 Å². The topological polar surface area (TPSA) is 34.1 Å². The zero-order valence-electron chi connectivity index (χ0n) is 12.3. The molecule has 0 spiro atoms. The molecule has 1 N–H and O–H groups in total. The smallest absolute Gasteiger partial charge is 0.141 e. The van der Waals surface area contributed by atoms with Crippen LogP contribution in [-0.4, -0.2) is 24.2 Å². The first-order chi connectivity index (χ1) is 8.58. The number of rotatable bonds is 7. The van der Waals surface area contributed by atoms with Gasteiger partial charge in [-0.25, -0.2) is 0 Å². The molecule has 3 nitrogen and oxygen atoms in total. The van der Waals surface area contributed by atoms with Crippen LogP contribution in [0, 0.1) is 12.8 Å². The van der Waals surface area contributed by atoms with Crippen LogP contribution in [0.4, 0.5) is 0 Å². The zero-order chi connectivity index (χ0) is 13.5. The molecule has 102 valence electrons. The van der Waals surface area contributed by atoms with Crippen molar-refractivity contribution in [1.29, 1.82) is 0 Å². The van der Waals surface area contributed by atoms with Gasteiger partial charge < -0.3 is 10.1 Å². The normalized spacial score (nSPS) is 12.8. The molecule has 18 heavy (non-hydrogen) atoms. The highest BCUT2D eigenvalue weighted by atomic mass is 16.5. The molecule has 0 saturated heterocycles. The van der Waals surface area contributed by atoms with Gasteiger partial charge in [0, 0.05) is 12.2 Å². The van der Waals surface area contributed by atoms with Crippen LogP contribution in [0.3, 0.4) is 0 Å². The third kappa shape index (κ3) is 4.30. The fraction of sp³-hybridized carbons (Fsp3) is 0.667. The predicted molar refractivity (Wildman–Crippen MR) is 76.1 cm³/mol. The number of hydrogen-bond acceptors (Lipinski definition) is 3. The highest BCUT2D eigenvalue weighted by molar-refractivity contribution is 5.29. The van der Waals surface area contributed by atoms with E-state index in [1.807, 2.05) is 19.1 Å². The molecule has 0 saturated carbocycles. The van der Waals surface area contributed by atoms with Crippen LogP contribution in [0.2, 0.25) is 0 Å². The second-order valence-electron chi connectivity index (χ2n) is 4.96. The molecular formula is C15H26N2O. The summed E-state index contributed by atoms with van der Waals surface area (Å²) in [5.41, 5.74) is 2.10. The van der Waals surface area contributed by atoms with E-state index in [1.54, 1.807) is 0 Å². The Hall–Kier alpha value is -1.09. The summed E-state index contributed by atoms with van der Waals surface area (Å²) >= 11 is 0. The molecule has 0 aliphatic heterocycles. The van der Waals surface area contributed by atoms with Crippen LogP contribution in [-0.2, 0) is 6.42 Å². The number of aromatic nitrogens is 1. The van der Waals surface area contributed by atoms with Crippen LogP contribution >= 0.6 is 0 Å². The Balaban J connectivity index is 2.79. The van der Waals surface area contributed by atoms with Crippen molar-refractivity contribution in [2.75, 3.05) is 13.1 Å². The largest absolute Gasteiger partial charge is 0.487 e. The van der Waals surface area contributed by atoms with Gasteiger partial charge >= 0.3 is 0 Å². The minimum absolute atomic E-state index is 0.194. The Bertz CT molecular complexity index is 364. The molecule has 1 aromatic heterocycles. The number of likely N-dealkylation sites (N-methyl/N-ethyl adjacent to an activating group) is 1. The van der Waals surface area contributed by atoms with Gasteiger partial charge in [0.2, 0.25) is 0 Å². The van der Waals surface area contributed by atoms with Gasteiger partial charge in [-0.15, -0.1) is 0 Å². The molecule has 1 unspecified atom stereocenters. The fourth-order valence-electron chi connectivity index (χ4n) is 1.82. The summed E-state index contributed by atoms with van der Waals surface area (Å²) < 4.78 is 6.13. The van der Waals surface area contributed by atoms with Crippen molar-refractivity contribution in [2.45, 2.75) is 47.1 Å². The summed E-state index contributed by atoms with van der Waals surface area (Å²) in [5.74, 6) is 1.41. The Morgan fingerprint density at radius 3 is 2.56 bits per heavy atom. The monoisotopic (exact) mass is 250 g/mol. The van der Waals surface area contributed by atoms with E-state index in [1.165, 1.54) is 0 Å². The number of aryl methyl sites for hydroxylation is 2. The zero-order valence-corrected chi connectivity index (χ0v) is 12.3. The Kier molecular flexibility index (Phi) is 6.13. The quantitative estimate of drug-likeness (QED) is 0.808. The van der Waals surface area contributed by atoms with Crippen molar-refractivity contribution >= 4 is 0 Å². The fourth-order valence-corrected chi connectivity index (χ4v) is 1.82. The Morgan fingerprint density at radius 1 is 1.28 bits per heavy atom. The second kappa shape index (κ2) is 7.37. The first-order valence-electron chi connectivity index (χ1n) is 6.92. The van der Waals surface area contributed by atoms with Crippen LogP contribution < -0.4 is 10.1 Å². The number of hydrogen-bond donors (Lipinski definition) is 1. The van der Waals surface area contributed by atoms with E-state index in [0.717, 1.165) is 36.6 Å². The lowest BCUT2D eigenvalue weighted by Gasteiger charge is -2.24. The lowest BCUT2D eigenvalue weighted by Crippen LogP contribution is -2.35. The first-order valence-corrected chi connectivity index (χ1v) is 6.92. The summed E-state index contributed by atoms with van der Waals surface area (Å²) in [6.07, 6.45) is 1.10. The summed E-state index contributed by atoms with van der Waals surface area (Å²) in [6.45, 7) is 12.5. The minimum Gasteiger partial charge on any atom is -0.487 e. The predicted octanol–water partition coefficient (Wildman–Crippen LogP) is 2.97. The molecule has 0 aromatic carbocycles. The maximum absolute atomic E-state index is 6.13. The summed E-state index contributed by atoms with van der Waals surface area (Å²) in [7, 11) is 0.